The van der Waals surface area contributed by atoms with Crippen molar-refractivity contribution in [2.45, 2.75) is 44.7 Å². The number of aromatic nitrogens is 6. The molecule has 3 aromatic rings. The van der Waals surface area contributed by atoms with Crippen molar-refractivity contribution in [1.82, 2.24) is 29.7 Å². The summed E-state index contributed by atoms with van der Waals surface area (Å²) in [6, 6.07) is 4.37. The molecule has 0 saturated carbocycles. The summed E-state index contributed by atoms with van der Waals surface area (Å²) in [6.45, 7) is 1.89. The van der Waals surface area contributed by atoms with Gasteiger partial charge in [-0.05, 0) is 44.2 Å². The van der Waals surface area contributed by atoms with Crippen LogP contribution in [0.1, 0.15) is 30.5 Å². The van der Waals surface area contributed by atoms with E-state index in [1.807, 2.05) is 16.8 Å². The molecule has 26 heavy (non-hydrogen) atoms. The number of nitrogens with zero attached hydrogens (tertiary/aromatic N) is 7. The van der Waals surface area contributed by atoms with Gasteiger partial charge in [-0.1, -0.05) is 0 Å². The summed E-state index contributed by atoms with van der Waals surface area (Å²) in [6.07, 6.45) is 12.6. The van der Waals surface area contributed by atoms with E-state index in [9.17, 15) is 0 Å². The monoisotopic (exact) mass is 347 g/mol. The summed E-state index contributed by atoms with van der Waals surface area (Å²) in [5.74, 6) is 1.94. The lowest BCUT2D eigenvalue weighted by Gasteiger charge is -2.28. The Morgan fingerprint density at radius 1 is 1.04 bits per heavy atom. The topological polar surface area (TPSA) is 72.6 Å². The van der Waals surface area contributed by atoms with Gasteiger partial charge in [-0.3, -0.25) is 9.67 Å². The molecule has 7 heteroatoms. The largest absolute Gasteiger partial charge is 0.351 e. The zero-order valence-electron chi connectivity index (χ0n) is 14.6. The van der Waals surface area contributed by atoms with E-state index in [2.05, 4.69) is 20.0 Å². The Balaban J connectivity index is 1.54. The summed E-state index contributed by atoms with van der Waals surface area (Å²) in [5, 5.41) is 4.28. The van der Waals surface area contributed by atoms with Crippen molar-refractivity contribution < 1.29 is 0 Å². The maximum Gasteiger partial charge on any atom is 0.161 e. The van der Waals surface area contributed by atoms with Gasteiger partial charge in [-0.2, -0.15) is 5.10 Å². The van der Waals surface area contributed by atoms with Crippen LogP contribution < -0.4 is 4.90 Å². The minimum absolute atomic E-state index is 0.404. The first-order valence-corrected chi connectivity index (χ1v) is 9.28. The molecule has 2 aliphatic rings. The summed E-state index contributed by atoms with van der Waals surface area (Å²) in [7, 11) is 0. The zero-order chi connectivity index (χ0) is 17.3. The third-order valence-corrected chi connectivity index (χ3v) is 5.36. The predicted molar refractivity (Wildman–Crippen MR) is 97.7 cm³/mol. The van der Waals surface area contributed by atoms with Crippen LogP contribution in [0.5, 0.6) is 0 Å². The fourth-order valence-electron chi connectivity index (χ4n) is 4.13. The van der Waals surface area contributed by atoms with Crippen molar-refractivity contribution in [3.8, 4) is 11.4 Å². The fourth-order valence-corrected chi connectivity index (χ4v) is 4.13. The van der Waals surface area contributed by atoms with Gasteiger partial charge < -0.3 is 4.90 Å². The highest BCUT2D eigenvalue weighted by Crippen LogP contribution is 2.35. The van der Waals surface area contributed by atoms with Crippen molar-refractivity contribution in [3.63, 3.8) is 0 Å². The van der Waals surface area contributed by atoms with Gasteiger partial charge in [0.25, 0.3) is 0 Å². The van der Waals surface area contributed by atoms with Gasteiger partial charge in [0.05, 0.1) is 12.6 Å². The quantitative estimate of drug-likeness (QED) is 0.721. The Morgan fingerprint density at radius 3 is 2.81 bits per heavy atom. The lowest BCUT2D eigenvalue weighted by Crippen LogP contribution is -2.34. The second-order valence-electron chi connectivity index (χ2n) is 6.99. The highest BCUT2D eigenvalue weighted by Gasteiger charge is 2.31. The van der Waals surface area contributed by atoms with Crippen LogP contribution in [-0.2, 0) is 19.4 Å². The van der Waals surface area contributed by atoms with Gasteiger partial charge in [-0.25, -0.2) is 15.0 Å². The molecule has 1 aliphatic carbocycles. The van der Waals surface area contributed by atoms with Crippen LogP contribution in [-0.4, -0.2) is 42.3 Å². The van der Waals surface area contributed by atoms with Crippen molar-refractivity contribution >= 4 is 5.82 Å². The molecule has 0 spiro atoms. The van der Waals surface area contributed by atoms with Crippen LogP contribution in [0.4, 0.5) is 5.82 Å². The Kier molecular flexibility index (Phi) is 3.84. The molecule has 0 bridgehead atoms. The van der Waals surface area contributed by atoms with Crippen LogP contribution in [0.15, 0.2) is 37.2 Å². The molecular weight excluding hydrogens is 326 g/mol. The number of fused-ring (bicyclic) bond motifs is 1. The second kappa shape index (κ2) is 6.48. The third-order valence-electron chi connectivity index (χ3n) is 5.36. The molecule has 132 valence electrons. The molecule has 0 radical (unpaired) electrons. The van der Waals surface area contributed by atoms with E-state index in [-0.39, 0.29) is 0 Å². The highest BCUT2D eigenvalue weighted by atomic mass is 15.3. The lowest BCUT2D eigenvalue weighted by atomic mass is 10.1. The summed E-state index contributed by atoms with van der Waals surface area (Å²) in [5.41, 5.74) is 3.59. The first-order valence-electron chi connectivity index (χ1n) is 9.28. The average molecular weight is 347 g/mol. The Hall–Kier alpha value is -2.83. The summed E-state index contributed by atoms with van der Waals surface area (Å²) >= 11 is 0. The number of pyridine rings is 1. The first-order chi connectivity index (χ1) is 12.9. The molecule has 1 atom stereocenters. The molecule has 5 rings (SSSR count). The number of anilines is 1. The molecule has 1 fully saturated rings. The second-order valence-corrected chi connectivity index (χ2v) is 6.99. The maximum atomic E-state index is 5.02. The molecule has 0 N–H and O–H groups in total. The van der Waals surface area contributed by atoms with Crippen molar-refractivity contribution in [3.05, 3.63) is 48.4 Å². The fraction of sp³-hybridized carbons (Fsp3) is 0.421. The van der Waals surface area contributed by atoms with Gasteiger partial charge in [-0.15, -0.1) is 0 Å². The van der Waals surface area contributed by atoms with Crippen molar-refractivity contribution in [1.29, 1.82) is 0 Å². The molecule has 4 heterocycles. The third kappa shape index (κ3) is 2.73. The number of rotatable bonds is 4. The standard InChI is InChI=1S/C19H21N7/c1-4-16-17(5-1)23-18(14-6-8-20-9-7-14)24-19(16)26-10-2-3-15(26)11-25-13-21-12-22-25/h6-9,12-13,15H,1-5,10-11H2. The van der Waals surface area contributed by atoms with E-state index in [1.165, 1.54) is 24.1 Å². The van der Waals surface area contributed by atoms with E-state index in [4.69, 9.17) is 9.97 Å². The molecule has 3 aromatic heterocycles. The minimum atomic E-state index is 0.404. The van der Waals surface area contributed by atoms with Crippen LogP contribution in [0.3, 0.4) is 0 Å². The Morgan fingerprint density at radius 2 is 1.96 bits per heavy atom. The van der Waals surface area contributed by atoms with Gasteiger partial charge in [0, 0.05) is 35.8 Å². The van der Waals surface area contributed by atoms with Crippen LogP contribution >= 0.6 is 0 Å². The zero-order valence-corrected chi connectivity index (χ0v) is 14.6. The van der Waals surface area contributed by atoms with Crippen molar-refractivity contribution in [2.24, 2.45) is 0 Å². The summed E-state index contributed by atoms with van der Waals surface area (Å²) < 4.78 is 1.92. The molecule has 1 saturated heterocycles. The minimum Gasteiger partial charge on any atom is -0.351 e. The van der Waals surface area contributed by atoms with Crippen molar-refractivity contribution in [2.75, 3.05) is 11.4 Å². The Labute approximate surface area is 152 Å². The predicted octanol–water partition coefficient (Wildman–Crippen LogP) is 2.29. The van der Waals surface area contributed by atoms with Gasteiger partial charge in [0.2, 0.25) is 0 Å². The number of hydrogen-bond donors (Lipinski definition) is 0. The maximum absolute atomic E-state index is 5.02. The molecule has 0 aromatic carbocycles. The van der Waals surface area contributed by atoms with E-state index in [1.54, 1.807) is 25.0 Å². The highest BCUT2D eigenvalue weighted by molar-refractivity contribution is 5.61. The lowest BCUT2D eigenvalue weighted by molar-refractivity contribution is 0.505. The van der Waals surface area contributed by atoms with E-state index >= 15 is 0 Å². The van der Waals surface area contributed by atoms with E-state index < -0.39 is 0 Å². The van der Waals surface area contributed by atoms with E-state index in [0.717, 1.165) is 49.6 Å². The van der Waals surface area contributed by atoms with Gasteiger partial charge >= 0.3 is 0 Å². The Bertz CT molecular complexity index is 892. The van der Waals surface area contributed by atoms with Gasteiger partial charge in [0.15, 0.2) is 5.82 Å². The number of hydrogen-bond acceptors (Lipinski definition) is 6. The summed E-state index contributed by atoms with van der Waals surface area (Å²) in [4.78, 5) is 20.5. The SMILES string of the molecule is c1cc(-c2nc3c(c(N4CCCC4Cn4cncn4)n2)CCC3)ccn1. The molecule has 1 unspecified atom stereocenters. The first kappa shape index (κ1) is 15.4. The van der Waals surface area contributed by atoms with E-state index in [0.29, 0.717) is 6.04 Å². The van der Waals surface area contributed by atoms with Crippen LogP contribution in [0.2, 0.25) is 0 Å². The number of aryl methyl sites for hydroxylation is 1. The molecule has 0 amide bonds. The molecular formula is C19H21N7. The normalized spacial score (nSPS) is 19.1. The van der Waals surface area contributed by atoms with Crippen LogP contribution in [0, 0.1) is 0 Å². The molecule has 1 aliphatic heterocycles. The van der Waals surface area contributed by atoms with Gasteiger partial charge in [0.1, 0.15) is 18.5 Å². The molecule has 7 nitrogen and oxygen atoms in total. The average Bonchev–Trinajstić information content (AvgIpc) is 3.44. The smallest absolute Gasteiger partial charge is 0.161 e. The van der Waals surface area contributed by atoms with Crippen LogP contribution in [0.25, 0.3) is 11.4 Å².